The molecule has 31 heavy (non-hydrogen) atoms. The highest BCUT2D eigenvalue weighted by molar-refractivity contribution is 6.31. The first kappa shape index (κ1) is 20.6. The molecule has 0 radical (unpaired) electrons. The fourth-order valence-electron chi connectivity index (χ4n) is 3.53. The predicted octanol–water partition coefficient (Wildman–Crippen LogP) is 4.63. The summed E-state index contributed by atoms with van der Waals surface area (Å²) in [7, 11) is 3.18. The minimum atomic E-state index is -0.356. The van der Waals surface area contributed by atoms with E-state index in [1.807, 2.05) is 13.0 Å². The molecule has 6 nitrogen and oxygen atoms in total. The van der Waals surface area contributed by atoms with Gasteiger partial charge in [0.05, 0.1) is 12.5 Å². The van der Waals surface area contributed by atoms with Crippen molar-refractivity contribution in [1.29, 1.82) is 0 Å². The molecule has 0 aliphatic heterocycles. The minimum absolute atomic E-state index is 0.156. The van der Waals surface area contributed by atoms with Gasteiger partial charge in [0.1, 0.15) is 11.4 Å². The van der Waals surface area contributed by atoms with Crippen molar-refractivity contribution in [3.8, 4) is 11.4 Å². The minimum Gasteiger partial charge on any atom is -0.494 e. The van der Waals surface area contributed by atoms with Gasteiger partial charge in [-0.15, -0.1) is 0 Å². The van der Waals surface area contributed by atoms with Gasteiger partial charge in [-0.3, -0.25) is 9.59 Å². The average molecular weight is 434 g/mol. The molecule has 4 aromatic rings. The van der Waals surface area contributed by atoms with Crippen LogP contribution in [0, 0.1) is 6.92 Å². The number of benzene rings is 3. The molecule has 0 aliphatic carbocycles. The predicted molar refractivity (Wildman–Crippen MR) is 123 cm³/mol. The van der Waals surface area contributed by atoms with Crippen molar-refractivity contribution in [3.63, 3.8) is 0 Å². The molecule has 0 N–H and O–H groups in total. The van der Waals surface area contributed by atoms with Crippen LogP contribution in [-0.4, -0.2) is 29.8 Å². The van der Waals surface area contributed by atoms with Crippen LogP contribution >= 0.6 is 11.6 Å². The molecule has 7 heteroatoms. The molecule has 0 spiro atoms. The monoisotopic (exact) mass is 433 g/mol. The lowest BCUT2D eigenvalue weighted by Gasteiger charge is -2.21. The summed E-state index contributed by atoms with van der Waals surface area (Å²) in [5.41, 5.74) is 1.83. The molecule has 1 amide bonds. The number of ether oxygens (including phenoxy) is 1. The van der Waals surface area contributed by atoms with Gasteiger partial charge in [0.25, 0.3) is 11.5 Å². The SMILES string of the molecule is COc1ccccc1-n1nc(C(=O)N(C)c2cc(Cl)ccc2C)c2ccccc2c1=O. The molecule has 4 rings (SSSR count). The third-order valence-corrected chi connectivity index (χ3v) is 5.39. The molecular weight excluding hydrogens is 414 g/mol. The van der Waals surface area contributed by atoms with Crippen LogP contribution in [-0.2, 0) is 0 Å². The normalized spacial score (nSPS) is 10.8. The number of nitrogens with zero attached hydrogens (tertiary/aromatic N) is 3. The highest BCUT2D eigenvalue weighted by atomic mass is 35.5. The Hall–Kier alpha value is -3.64. The second kappa shape index (κ2) is 8.24. The van der Waals surface area contributed by atoms with Crippen LogP contribution in [0.15, 0.2) is 71.5 Å². The maximum Gasteiger partial charge on any atom is 0.279 e. The number of halogens is 1. The van der Waals surface area contributed by atoms with E-state index in [-0.39, 0.29) is 17.2 Å². The molecule has 1 heterocycles. The van der Waals surface area contributed by atoms with Crippen LogP contribution in [0.1, 0.15) is 16.1 Å². The summed E-state index contributed by atoms with van der Waals surface area (Å²) in [5.74, 6) is 0.120. The lowest BCUT2D eigenvalue weighted by Crippen LogP contribution is -2.32. The standard InChI is InChI=1S/C24H20ClN3O3/c1-15-12-13-16(25)14-20(15)27(2)24(30)22-17-8-4-5-9-18(17)23(29)28(26-22)19-10-6-7-11-21(19)31-3/h4-14H,1-3H3. The molecule has 0 saturated carbocycles. The van der Waals surface area contributed by atoms with E-state index in [2.05, 4.69) is 5.10 Å². The summed E-state index contributed by atoms with van der Waals surface area (Å²) in [6, 6.07) is 19.3. The molecular formula is C24H20ClN3O3. The van der Waals surface area contributed by atoms with Crippen molar-refractivity contribution in [1.82, 2.24) is 9.78 Å². The summed E-state index contributed by atoms with van der Waals surface area (Å²) in [6.45, 7) is 1.90. The maximum absolute atomic E-state index is 13.5. The number of amides is 1. The number of rotatable bonds is 4. The molecule has 0 fully saturated rings. The summed E-state index contributed by atoms with van der Waals surface area (Å²) >= 11 is 6.15. The third-order valence-electron chi connectivity index (χ3n) is 5.16. The first-order chi connectivity index (χ1) is 14.9. The van der Waals surface area contributed by atoms with Crippen LogP contribution in [0.4, 0.5) is 5.69 Å². The Balaban J connectivity index is 1.96. The summed E-state index contributed by atoms with van der Waals surface area (Å²) in [5, 5.41) is 5.88. The highest BCUT2D eigenvalue weighted by Crippen LogP contribution is 2.27. The number of aryl methyl sites for hydroxylation is 1. The zero-order valence-electron chi connectivity index (χ0n) is 17.3. The number of methoxy groups -OCH3 is 1. The van der Waals surface area contributed by atoms with E-state index < -0.39 is 0 Å². The zero-order valence-corrected chi connectivity index (χ0v) is 18.1. The Morgan fingerprint density at radius 1 is 1.03 bits per heavy atom. The largest absolute Gasteiger partial charge is 0.494 e. The Morgan fingerprint density at radius 3 is 2.45 bits per heavy atom. The molecule has 1 aromatic heterocycles. The fourth-order valence-corrected chi connectivity index (χ4v) is 3.69. The summed E-state index contributed by atoms with van der Waals surface area (Å²) < 4.78 is 6.62. The molecule has 3 aromatic carbocycles. The van der Waals surface area contributed by atoms with Crippen LogP contribution in [0.25, 0.3) is 16.5 Å². The van der Waals surface area contributed by atoms with Gasteiger partial charge < -0.3 is 9.64 Å². The van der Waals surface area contributed by atoms with Gasteiger partial charge in [-0.25, -0.2) is 0 Å². The lowest BCUT2D eigenvalue weighted by molar-refractivity contribution is 0.0988. The number of hydrogen-bond acceptors (Lipinski definition) is 4. The van der Waals surface area contributed by atoms with Gasteiger partial charge in [0.2, 0.25) is 0 Å². The van der Waals surface area contributed by atoms with E-state index in [0.717, 1.165) is 5.56 Å². The van der Waals surface area contributed by atoms with Crippen LogP contribution in [0.2, 0.25) is 5.02 Å². The third kappa shape index (κ3) is 3.66. The number of carbonyl (C=O) groups is 1. The maximum atomic E-state index is 13.5. The van der Waals surface area contributed by atoms with E-state index >= 15 is 0 Å². The Kier molecular flexibility index (Phi) is 5.48. The summed E-state index contributed by atoms with van der Waals surface area (Å²) in [6.07, 6.45) is 0. The van der Waals surface area contributed by atoms with Gasteiger partial charge in [0, 0.05) is 23.1 Å². The smallest absolute Gasteiger partial charge is 0.279 e. The molecule has 0 aliphatic rings. The van der Waals surface area contributed by atoms with Gasteiger partial charge in [-0.1, -0.05) is 48.0 Å². The van der Waals surface area contributed by atoms with Gasteiger partial charge in [-0.05, 0) is 42.8 Å². The number of anilines is 1. The number of hydrogen-bond donors (Lipinski definition) is 0. The Labute approximate surface area is 184 Å². The van der Waals surface area contributed by atoms with Crippen molar-refractivity contribution >= 4 is 34.0 Å². The first-order valence-electron chi connectivity index (χ1n) is 9.62. The molecule has 0 unspecified atom stereocenters. The van der Waals surface area contributed by atoms with E-state index in [0.29, 0.717) is 32.9 Å². The van der Waals surface area contributed by atoms with E-state index in [4.69, 9.17) is 16.3 Å². The van der Waals surface area contributed by atoms with E-state index in [9.17, 15) is 9.59 Å². The quantitative estimate of drug-likeness (QED) is 0.470. The van der Waals surface area contributed by atoms with Crippen molar-refractivity contribution in [2.45, 2.75) is 6.92 Å². The fraction of sp³-hybridized carbons (Fsp3) is 0.125. The van der Waals surface area contributed by atoms with Crippen LogP contribution in [0.3, 0.4) is 0 Å². The summed E-state index contributed by atoms with van der Waals surface area (Å²) in [4.78, 5) is 28.3. The number of fused-ring (bicyclic) bond motifs is 1. The molecule has 0 saturated heterocycles. The average Bonchev–Trinajstić information content (AvgIpc) is 2.80. The Morgan fingerprint density at radius 2 is 1.71 bits per heavy atom. The first-order valence-corrected chi connectivity index (χ1v) is 10.00. The second-order valence-electron chi connectivity index (χ2n) is 7.08. The second-order valence-corrected chi connectivity index (χ2v) is 7.51. The van der Waals surface area contributed by atoms with Gasteiger partial charge in [0.15, 0.2) is 5.69 Å². The lowest BCUT2D eigenvalue weighted by atomic mass is 10.1. The highest BCUT2D eigenvalue weighted by Gasteiger charge is 2.23. The Bertz CT molecular complexity index is 1360. The number of aromatic nitrogens is 2. The van der Waals surface area contributed by atoms with Crippen molar-refractivity contribution in [2.24, 2.45) is 0 Å². The van der Waals surface area contributed by atoms with Gasteiger partial charge in [-0.2, -0.15) is 9.78 Å². The van der Waals surface area contributed by atoms with Crippen LogP contribution < -0.4 is 15.2 Å². The molecule has 0 bridgehead atoms. The van der Waals surface area contributed by atoms with Gasteiger partial charge >= 0.3 is 0 Å². The molecule has 156 valence electrons. The zero-order chi connectivity index (χ0) is 22.1. The topological polar surface area (TPSA) is 64.4 Å². The van der Waals surface area contributed by atoms with Crippen LogP contribution in [0.5, 0.6) is 5.75 Å². The van der Waals surface area contributed by atoms with Crippen molar-refractivity contribution in [2.75, 3.05) is 19.1 Å². The van der Waals surface area contributed by atoms with Crippen molar-refractivity contribution in [3.05, 3.63) is 93.4 Å². The number of carbonyl (C=O) groups excluding carboxylic acids is 1. The van der Waals surface area contributed by atoms with E-state index in [1.165, 1.54) is 16.7 Å². The number of para-hydroxylation sites is 2. The molecule has 0 atom stereocenters. The van der Waals surface area contributed by atoms with Crippen molar-refractivity contribution < 1.29 is 9.53 Å². The van der Waals surface area contributed by atoms with E-state index in [1.54, 1.807) is 67.7 Å².